The molecule has 2 aromatic heterocycles. The molecule has 1 saturated carbocycles. The van der Waals surface area contributed by atoms with Gasteiger partial charge in [-0.1, -0.05) is 12.8 Å². The van der Waals surface area contributed by atoms with Crippen molar-refractivity contribution in [2.24, 2.45) is 11.8 Å². The Kier molecular flexibility index (Phi) is 5.18. The molecule has 4 atom stereocenters. The number of esters is 1. The Morgan fingerprint density at radius 3 is 2.47 bits per heavy atom. The fraction of sp³-hybridized carbons (Fsp3) is 0.526. The normalized spacial score (nSPS) is 23.2. The number of carbonyl (C=O) groups is 4. The minimum Gasteiger partial charge on any atom is -0.451 e. The number of carbonyl (C=O) groups excluding carboxylic acids is 4. The first-order chi connectivity index (χ1) is 14.4. The van der Waals surface area contributed by atoms with E-state index in [0.717, 1.165) is 17.7 Å². The average Bonchev–Trinajstić information content (AvgIpc) is 3.31. The van der Waals surface area contributed by atoms with Gasteiger partial charge in [0.25, 0.3) is 5.91 Å². The highest BCUT2D eigenvalue weighted by atomic mass is 16.5. The first-order valence-corrected chi connectivity index (χ1v) is 9.91. The predicted molar refractivity (Wildman–Crippen MR) is 103 cm³/mol. The van der Waals surface area contributed by atoms with E-state index < -0.39 is 24.0 Å². The molecule has 0 bridgehead atoms. The Hall–Kier alpha value is -3.37. The second kappa shape index (κ2) is 7.81. The summed E-state index contributed by atoms with van der Waals surface area (Å²) in [5, 5.41) is 2.56. The Labute approximate surface area is 171 Å². The zero-order valence-electron chi connectivity index (χ0n) is 16.6. The van der Waals surface area contributed by atoms with Gasteiger partial charge in [-0.3, -0.25) is 19.3 Å². The number of H-pyrrole nitrogens is 1. The number of anilines is 1. The number of amides is 3. The first kappa shape index (κ1) is 19.9. The summed E-state index contributed by atoms with van der Waals surface area (Å²) in [6, 6.07) is -1.09. The van der Waals surface area contributed by atoms with Crippen molar-refractivity contribution in [1.82, 2.24) is 24.8 Å². The van der Waals surface area contributed by atoms with Gasteiger partial charge in [0.1, 0.15) is 17.9 Å². The molecule has 2 fully saturated rings. The van der Waals surface area contributed by atoms with E-state index >= 15 is 0 Å². The fourth-order valence-corrected chi connectivity index (χ4v) is 4.08. The number of hydrogen-bond donors (Lipinski definition) is 2. The summed E-state index contributed by atoms with van der Waals surface area (Å²) in [7, 11) is 0. The van der Waals surface area contributed by atoms with Gasteiger partial charge in [0.15, 0.2) is 17.6 Å². The summed E-state index contributed by atoms with van der Waals surface area (Å²) in [6.07, 6.45) is 4.63. The second-order valence-corrected chi connectivity index (χ2v) is 7.61. The molecule has 2 aromatic rings. The SMILES string of the molecule is CC(OC(=O)[C@H](C)N1C(=O)C2CCCCC2C1=O)C(=O)Nc1ncnc2nc[nH]c12. The first-order valence-electron chi connectivity index (χ1n) is 9.91. The number of rotatable bonds is 5. The van der Waals surface area contributed by atoms with Gasteiger partial charge in [-0.15, -0.1) is 0 Å². The summed E-state index contributed by atoms with van der Waals surface area (Å²) >= 11 is 0. The number of aromatic amines is 1. The molecular weight excluding hydrogens is 392 g/mol. The maximum absolute atomic E-state index is 12.7. The van der Waals surface area contributed by atoms with E-state index in [0.29, 0.717) is 24.0 Å². The van der Waals surface area contributed by atoms with Crippen molar-refractivity contribution >= 4 is 40.7 Å². The Balaban J connectivity index is 1.40. The van der Waals surface area contributed by atoms with Crippen LogP contribution >= 0.6 is 0 Å². The zero-order valence-corrected chi connectivity index (χ0v) is 16.6. The zero-order chi connectivity index (χ0) is 21.4. The van der Waals surface area contributed by atoms with E-state index in [2.05, 4.69) is 25.3 Å². The van der Waals surface area contributed by atoms with Crippen molar-refractivity contribution in [3.05, 3.63) is 12.7 Å². The molecule has 4 rings (SSSR count). The van der Waals surface area contributed by atoms with E-state index in [1.165, 1.54) is 26.5 Å². The van der Waals surface area contributed by atoms with Crippen LogP contribution in [0.15, 0.2) is 12.7 Å². The maximum Gasteiger partial charge on any atom is 0.329 e. The fourth-order valence-electron chi connectivity index (χ4n) is 4.08. The summed E-state index contributed by atoms with van der Waals surface area (Å²) in [5.74, 6) is -2.57. The molecule has 0 radical (unpaired) electrons. The summed E-state index contributed by atoms with van der Waals surface area (Å²) in [5.41, 5.74) is 0.819. The van der Waals surface area contributed by atoms with Crippen LogP contribution in [0.2, 0.25) is 0 Å². The van der Waals surface area contributed by atoms with Crippen molar-refractivity contribution in [2.45, 2.75) is 51.7 Å². The highest BCUT2D eigenvalue weighted by molar-refractivity contribution is 6.08. The van der Waals surface area contributed by atoms with Crippen molar-refractivity contribution in [2.75, 3.05) is 5.32 Å². The lowest BCUT2D eigenvalue weighted by atomic mass is 9.81. The van der Waals surface area contributed by atoms with Crippen molar-refractivity contribution in [3.63, 3.8) is 0 Å². The van der Waals surface area contributed by atoms with Gasteiger partial charge in [0, 0.05) is 0 Å². The highest BCUT2D eigenvalue weighted by Gasteiger charge is 2.51. The standard InChI is InChI=1S/C19H22N6O5/c1-9(25-17(27)11-5-3-4-6-12(11)18(25)28)19(29)30-10(2)16(26)24-15-13-14(21-7-20-13)22-8-23-15/h7-12H,3-6H2,1-2H3,(H2,20,21,22,23,24,26)/t9-,10?,11?,12?/m0/s1. The smallest absolute Gasteiger partial charge is 0.329 e. The van der Waals surface area contributed by atoms with Crippen LogP contribution in [0, 0.1) is 11.8 Å². The van der Waals surface area contributed by atoms with E-state index in [1.54, 1.807) is 0 Å². The van der Waals surface area contributed by atoms with E-state index in [1.807, 2.05) is 0 Å². The Morgan fingerprint density at radius 1 is 1.13 bits per heavy atom. The molecule has 3 unspecified atom stereocenters. The van der Waals surface area contributed by atoms with Gasteiger partial charge >= 0.3 is 5.97 Å². The van der Waals surface area contributed by atoms with Crippen LogP contribution in [0.3, 0.4) is 0 Å². The Morgan fingerprint density at radius 2 is 1.80 bits per heavy atom. The van der Waals surface area contributed by atoms with Crippen LogP contribution in [0.1, 0.15) is 39.5 Å². The van der Waals surface area contributed by atoms with E-state index in [-0.39, 0.29) is 29.5 Å². The average molecular weight is 414 g/mol. The second-order valence-electron chi connectivity index (χ2n) is 7.61. The van der Waals surface area contributed by atoms with E-state index in [4.69, 9.17) is 4.74 Å². The number of aromatic nitrogens is 4. The molecule has 30 heavy (non-hydrogen) atoms. The largest absolute Gasteiger partial charge is 0.451 e. The maximum atomic E-state index is 12.7. The van der Waals surface area contributed by atoms with Gasteiger partial charge in [-0.2, -0.15) is 0 Å². The van der Waals surface area contributed by atoms with Gasteiger partial charge in [-0.25, -0.2) is 19.7 Å². The van der Waals surface area contributed by atoms with Crippen LogP contribution < -0.4 is 5.32 Å². The third-order valence-corrected chi connectivity index (χ3v) is 5.73. The molecule has 1 aliphatic heterocycles. The van der Waals surface area contributed by atoms with Crippen LogP contribution in [0.25, 0.3) is 11.2 Å². The molecular formula is C19H22N6O5. The molecule has 3 amide bonds. The summed E-state index contributed by atoms with van der Waals surface area (Å²) in [6.45, 7) is 2.84. The molecule has 3 heterocycles. The molecule has 11 nitrogen and oxygen atoms in total. The number of hydrogen-bond acceptors (Lipinski definition) is 8. The Bertz CT molecular complexity index is 996. The molecule has 0 aromatic carbocycles. The van der Waals surface area contributed by atoms with Gasteiger partial charge in [0.2, 0.25) is 11.8 Å². The van der Waals surface area contributed by atoms with Crippen molar-refractivity contribution < 1.29 is 23.9 Å². The number of imide groups is 1. The lowest BCUT2D eigenvalue weighted by Gasteiger charge is -2.23. The van der Waals surface area contributed by atoms with Crippen LogP contribution in [0.4, 0.5) is 5.82 Å². The summed E-state index contributed by atoms with van der Waals surface area (Å²) < 4.78 is 5.24. The molecule has 2 N–H and O–H groups in total. The highest BCUT2D eigenvalue weighted by Crippen LogP contribution is 2.39. The minimum atomic E-state index is -1.16. The summed E-state index contributed by atoms with van der Waals surface area (Å²) in [4.78, 5) is 66.1. The number of likely N-dealkylation sites (tertiary alicyclic amines) is 1. The number of nitrogens with zero attached hydrogens (tertiary/aromatic N) is 4. The van der Waals surface area contributed by atoms with Crippen molar-refractivity contribution in [1.29, 1.82) is 0 Å². The molecule has 1 aliphatic carbocycles. The third-order valence-electron chi connectivity index (χ3n) is 5.73. The number of fused-ring (bicyclic) bond motifs is 2. The lowest BCUT2D eigenvalue weighted by Crippen LogP contribution is -2.46. The van der Waals surface area contributed by atoms with Crippen LogP contribution in [0.5, 0.6) is 0 Å². The monoisotopic (exact) mass is 414 g/mol. The lowest BCUT2D eigenvalue weighted by molar-refractivity contribution is -0.163. The topological polar surface area (TPSA) is 147 Å². The van der Waals surface area contributed by atoms with Gasteiger partial charge in [0.05, 0.1) is 18.2 Å². The molecule has 11 heteroatoms. The van der Waals surface area contributed by atoms with Crippen molar-refractivity contribution in [3.8, 4) is 0 Å². The number of nitrogens with one attached hydrogen (secondary N) is 2. The molecule has 158 valence electrons. The quantitative estimate of drug-likeness (QED) is 0.539. The van der Waals surface area contributed by atoms with Crippen LogP contribution in [-0.4, -0.2) is 60.7 Å². The number of imidazole rings is 1. The molecule has 2 aliphatic rings. The molecule has 1 saturated heterocycles. The third kappa shape index (κ3) is 3.40. The van der Waals surface area contributed by atoms with Crippen LogP contribution in [-0.2, 0) is 23.9 Å². The molecule has 0 spiro atoms. The van der Waals surface area contributed by atoms with E-state index in [9.17, 15) is 19.2 Å². The minimum absolute atomic E-state index is 0.201. The predicted octanol–water partition coefficient (Wildman–Crippen LogP) is 0.787. The van der Waals surface area contributed by atoms with Gasteiger partial charge < -0.3 is 15.0 Å². The van der Waals surface area contributed by atoms with Gasteiger partial charge in [-0.05, 0) is 26.7 Å². The number of ether oxygens (including phenoxy) is 1.